The van der Waals surface area contributed by atoms with E-state index in [1.165, 1.54) is 11.0 Å². The van der Waals surface area contributed by atoms with E-state index >= 15 is 0 Å². The zero-order valence-electron chi connectivity index (χ0n) is 23.9. The number of carbonyl (C=O) groups is 2. The number of benzene rings is 1. The van der Waals surface area contributed by atoms with Gasteiger partial charge in [0, 0.05) is 13.1 Å². The summed E-state index contributed by atoms with van der Waals surface area (Å²) in [6, 6.07) is 4.52. The largest absolute Gasteiger partial charge is 0.442 e. The number of anilines is 2. The van der Waals surface area contributed by atoms with Crippen molar-refractivity contribution in [3.05, 3.63) is 24.0 Å². The maximum Gasteiger partial charge on any atom is 0.414 e. The van der Waals surface area contributed by atoms with E-state index in [1.54, 1.807) is 39.8 Å². The van der Waals surface area contributed by atoms with Gasteiger partial charge in [0.15, 0.2) is 5.40 Å². The summed E-state index contributed by atoms with van der Waals surface area (Å²) in [5, 5.41) is 1.12. The van der Waals surface area contributed by atoms with Crippen LogP contribution in [0.2, 0.25) is 0 Å². The van der Waals surface area contributed by atoms with Gasteiger partial charge in [-0.1, -0.05) is 0 Å². The highest BCUT2D eigenvalue weighted by Crippen LogP contribution is 2.71. The molecule has 0 aliphatic carbocycles. The predicted molar refractivity (Wildman–Crippen MR) is 150 cm³/mol. The first kappa shape index (κ1) is 33.5. The van der Waals surface area contributed by atoms with Gasteiger partial charge in [0.1, 0.15) is 11.9 Å². The van der Waals surface area contributed by atoms with Gasteiger partial charge in [-0.25, -0.2) is 9.18 Å². The Kier molecular flexibility index (Phi) is 12.6. The third-order valence-electron chi connectivity index (χ3n) is 6.33. The number of nitrogens with one attached hydrogen (secondary N) is 1. The molecule has 2 aliphatic rings. The molecule has 1 aromatic rings. The summed E-state index contributed by atoms with van der Waals surface area (Å²) >= 11 is 0. The van der Waals surface area contributed by atoms with Gasteiger partial charge in [-0.15, -0.1) is 0 Å². The third kappa shape index (κ3) is 8.50. The quantitative estimate of drug-likeness (QED) is 0.263. The van der Waals surface area contributed by atoms with E-state index in [1.807, 2.05) is 4.90 Å². The van der Waals surface area contributed by atoms with Crippen molar-refractivity contribution in [3.63, 3.8) is 0 Å². The molecule has 1 N–H and O–H groups in total. The summed E-state index contributed by atoms with van der Waals surface area (Å²) < 4.78 is 74.4. The molecule has 13 nitrogen and oxygen atoms in total. The fourth-order valence-corrected chi connectivity index (χ4v) is 9.81. The monoisotopic (exact) mass is 623 g/mol. The Morgan fingerprint density at radius 1 is 1.02 bits per heavy atom. The molecule has 2 fully saturated rings. The van der Waals surface area contributed by atoms with Crippen molar-refractivity contribution < 1.29 is 50.7 Å². The van der Waals surface area contributed by atoms with E-state index in [4.69, 9.17) is 27.6 Å². The number of hydrogen-bond acceptors (Lipinski definition) is 11. The molecule has 1 atom stereocenters. The number of nitrogens with zero attached hydrogens (tertiary/aromatic N) is 2. The lowest BCUT2D eigenvalue weighted by Crippen LogP contribution is -2.37. The lowest BCUT2D eigenvalue weighted by Gasteiger charge is -2.31. The number of halogens is 1. The molecule has 2 amide bonds. The Balaban J connectivity index is 1.67. The smallest absolute Gasteiger partial charge is 0.414 e. The Morgan fingerprint density at radius 3 is 2.10 bits per heavy atom. The molecule has 1 aromatic carbocycles. The molecule has 0 spiro atoms. The lowest BCUT2D eigenvalue weighted by atomic mass is 10.2. The van der Waals surface area contributed by atoms with Crippen molar-refractivity contribution >= 4 is 38.6 Å². The number of cyclic esters (lactones) is 1. The van der Waals surface area contributed by atoms with Gasteiger partial charge >= 0.3 is 21.3 Å². The van der Waals surface area contributed by atoms with E-state index < -0.39 is 50.9 Å². The van der Waals surface area contributed by atoms with Crippen LogP contribution in [0.4, 0.5) is 20.6 Å². The molecule has 0 bridgehead atoms. The van der Waals surface area contributed by atoms with Crippen molar-refractivity contribution in [3.8, 4) is 0 Å². The van der Waals surface area contributed by atoms with Gasteiger partial charge in [-0.2, -0.15) is 0 Å². The standard InChI is InChI=1S/C25H40FN3O10P2/c1-5-35-40(32,36-6-2)24(41(33,37-7-3)38-8-4)16-23(30)27-17-20-18-29(25(31)39-20)19-9-10-22(21(26)15-19)28-11-13-34-14-12-28/h9-10,15,20,24H,5-8,11-14,16-18H2,1-4H3,(H,27,30)/t20-/m0/s1. The van der Waals surface area contributed by atoms with Crippen LogP contribution in [0.25, 0.3) is 0 Å². The van der Waals surface area contributed by atoms with Gasteiger partial charge in [0.25, 0.3) is 0 Å². The van der Waals surface area contributed by atoms with E-state index in [-0.39, 0.29) is 39.5 Å². The van der Waals surface area contributed by atoms with Crippen LogP contribution >= 0.6 is 15.2 Å². The number of rotatable bonds is 16. The van der Waals surface area contributed by atoms with E-state index in [0.29, 0.717) is 37.7 Å². The first-order valence-corrected chi connectivity index (χ1v) is 17.0. The average Bonchev–Trinajstić information content (AvgIpc) is 3.31. The van der Waals surface area contributed by atoms with Crippen LogP contribution in [0.15, 0.2) is 18.2 Å². The Labute approximate surface area is 240 Å². The predicted octanol–water partition coefficient (Wildman–Crippen LogP) is 4.35. The molecule has 2 aliphatic heterocycles. The van der Waals surface area contributed by atoms with E-state index in [0.717, 1.165) is 0 Å². The maximum absolute atomic E-state index is 14.9. The SMILES string of the molecule is CCOP(=O)(OCC)C(CC(=O)NC[C@H]1CN(c2ccc(N3CCOCC3)c(F)c2)C(=O)O1)P(=O)(OCC)OCC. The highest BCUT2D eigenvalue weighted by Gasteiger charge is 2.52. The Hall–Kier alpha value is -2.05. The molecule has 41 heavy (non-hydrogen) atoms. The van der Waals surface area contributed by atoms with Gasteiger partial charge < -0.3 is 37.8 Å². The second-order valence-corrected chi connectivity index (χ2v) is 13.9. The minimum absolute atomic E-state index is 0.0183. The third-order valence-corrected chi connectivity index (χ3v) is 12.3. The van der Waals surface area contributed by atoms with Crippen LogP contribution in [0.3, 0.4) is 0 Å². The highest BCUT2D eigenvalue weighted by molar-refractivity contribution is 7.72. The fourth-order valence-electron chi connectivity index (χ4n) is 4.56. The highest BCUT2D eigenvalue weighted by atomic mass is 31.2. The van der Waals surface area contributed by atoms with Crippen molar-refractivity contribution in [2.75, 3.05) is 75.6 Å². The van der Waals surface area contributed by atoms with Crippen molar-refractivity contribution in [1.82, 2.24) is 5.32 Å². The Morgan fingerprint density at radius 2 is 1.59 bits per heavy atom. The normalized spacial score (nSPS) is 18.2. The molecular formula is C25H40FN3O10P2. The molecule has 0 unspecified atom stereocenters. The molecule has 2 saturated heterocycles. The van der Waals surface area contributed by atoms with Gasteiger partial charge in [-0.3, -0.25) is 18.8 Å². The van der Waals surface area contributed by atoms with Crippen LogP contribution < -0.4 is 15.1 Å². The second kappa shape index (κ2) is 15.4. The van der Waals surface area contributed by atoms with Gasteiger partial charge in [-0.05, 0) is 45.9 Å². The molecule has 232 valence electrons. The zero-order valence-corrected chi connectivity index (χ0v) is 25.7. The Bertz CT molecular complexity index is 1090. The first-order chi connectivity index (χ1) is 19.6. The molecule has 0 saturated carbocycles. The summed E-state index contributed by atoms with van der Waals surface area (Å²) in [7, 11) is -8.21. The molecular weight excluding hydrogens is 583 g/mol. The van der Waals surface area contributed by atoms with E-state index in [9.17, 15) is 23.1 Å². The molecule has 0 aromatic heterocycles. The number of hydrogen-bond donors (Lipinski definition) is 1. The van der Waals surface area contributed by atoms with Crippen LogP contribution in [0.5, 0.6) is 0 Å². The van der Waals surface area contributed by atoms with Crippen molar-refractivity contribution in [2.24, 2.45) is 0 Å². The number of amides is 2. The number of carbonyl (C=O) groups excluding carboxylic acids is 2. The lowest BCUT2D eigenvalue weighted by molar-refractivity contribution is -0.121. The van der Waals surface area contributed by atoms with Crippen molar-refractivity contribution in [1.29, 1.82) is 0 Å². The van der Waals surface area contributed by atoms with Crippen LogP contribution in [-0.4, -0.2) is 89.3 Å². The minimum atomic E-state index is -4.11. The van der Waals surface area contributed by atoms with Gasteiger partial charge in [0.2, 0.25) is 5.91 Å². The van der Waals surface area contributed by atoms with Gasteiger partial charge in [0.05, 0.1) is 70.5 Å². The number of ether oxygens (including phenoxy) is 2. The summed E-state index contributed by atoms with van der Waals surface area (Å²) in [5.41, 5.74) is 0.748. The second-order valence-electron chi connectivity index (χ2n) is 9.09. The van der Waals surface area contributed by atoms with Crippen molar-refractivity contribution in [2.45, 2.75) is 45.6 Å². The fraction of sp³-hybridized carbons (Fsp3) is 0.680. The van der Waals surface area contributed by atoms with Crippen LogP contribution in [0.1, 0.15) is 34.1 Å². The zero-order chi connectivity index (χ0) is 30.0. The molecule has 3 rings (SSSR count). The summed E-state index contributed by atoms with van der Waals surface area (Å²) in [6.45, 7) is 8.43. The molecule has 0 radical (unpaired) electrons. The number of morpholine rings is 1. The molecule has 16 heteroatoms. The van der Waals surface area contributed by atoms with Crippen LogP contribution in [0, 0.1) is 5.82 Å². The summed E-state index contributed by atoms with van der Waals surface area (Å²) in [5.74, 6) is -1.12. The average molecular weight is 624 g/mol. The first-order valence-electron chi connectivity index (χ1n) is 13.7. The van der Waals surface area contributed by atoms with E-state index in [2.05, 4.69) is 5.32 Å². The summed E-state index contributed by atoms with van der Waals surface area (Å²) in [4.78, 5) is 28.7. The van der Waals surface area contributed by atoms with Crippen LogP contribution in [-0.2, 0) is 41.5 Å². The maximum atomic E-state index is 14.9. The molecule has 2 heterocycles. The summed E-state index contributed by atoms with van der Waals surface area (Å²) in [6.07, 6.45) is -1.98. The topological polar surface area (TPSA) is 142 Å². The minimum Gasteiger partial charge on any atom is -0.442 e.